The molecule has 1 aromatic heterocycles. The van der Waals surface area contributed by atoms with Gasteiger partial charge in [-0.15, -0.1) is 0 Å². The number of hydrogen-bond donors (Lipinski definition) is 1. The summed E-state index contributed by atoms with van der Waals surface area (Å²) in [5, 5.41) is 12.2. The van der Waals surface area contributed by atoms with E-state index >= 15 is 0 Å². The smallest absolute Gasteiger partial charge is 0.298 e. The van der Waals surface area contributed by atoms with Crippen LogP contribution in [0.25, 0.3) is 11.1 Å². The number of benzene rings is 2. The molecule has 9 heteroatoms. The van der Waals surface area contributed by atoms with Crippen LogP contribution in [0, 0.1) is 17.1 Å². The van der Waals surface area contributed by atoms with Crippen LogP contribution >= 0.6 is 0 Å². The van der Waals surface area contributed by atoms with Gasteiger partial charge in [-0.3, -0.25) is 0 Å². The van der Waals surface area contributed by atoms with E-state index in [9.17, 15) is 4.39 Å². The van der Waals surface area contributed by atoms with E-state index in [0.29, 0.717) is 42.6 Å². The molecule has 0 amide bonds. The molecule has 8 nitrogen and oxygen atoms in total. The van der Waals surface area contributed by atoms with E-state index in [1.165, 1.54) is 0 Å². The van der Waals surface area contributed by atoms with Gasteiger partial charge in [-0.25, -0.2) is 0 Å². The van der Waals surface area contributed by atoms with E-state index in [0.717, 1.165) is 31.5 Å². The van der Waals surface area contributed by atoms with Gasteiger partial charge >= 0.3 is 0 Å². The lowest BCUT2D eigenvalue weighted by molar-refractivity contribution is 0.291. The molecule has 0 radical (unpaired) electrons. The molecule has 1 aliphatic rings. The van der Waals surface area contributed by atoms with Gasteiger partial charge in [-0.2, -0.15) is 14.6 Å². The topological polar surface area (TPSA) is 92.8 Å². The number of nitrogens with zero attached hydrogens (tertiary/aromatic N) is 3. The molecule has 34 heavy (non-hydrogen) atoms. The van der Waals surface area contributed by atoms with Crippen LogP contribution in [0.15, 0.2) is 34.7 Å². The molecule has 2 aromatic carbocycles. The fraction of sp³-hybridized carbons (Fsp3) is 0.440. The fourth-order valence-electron chi connectivity index (χ4n) is 4.13. The van der Waals surface area contributed by atoms with E-state index in [1.807, 2.05) is 19.9 Å². The summed E-state index contributed by atoms with van der Waals surface area (Å²) < 4.78 is 37.4. The third-order valence-corrected chi connectivity index (χ3v) is 5.66. The predicted molar refractivity (Wildman–Crippen MR) is 126 cm³/mol. The highest BCUT2D eigenvalue weighted by molar-refractivity contribution is 5.76. The molecule has 1 saturated heterocycles. The molecule has 4 rings (SSSR count). The van der Waals surface area contributed by atoms with Crippen molar-refractivity contribution in [3.8, 4) is 23.3 Å². The summed E-state index contributed by atoms with van der Waals surface area (Å²) in [6.07, 6.45) is 1.85. The first-order valence-corrected chi connectivity index (χ1v) is 11.6. The summed E-state index contributed by atoms with van der Waals surface area (Å²) in [5.41, 5.74) is 2.11. The van der Waals surface area contributed by atoms with Gasteiger partial charge in [0, 0.05) is 18.7 Å². The van der Waals surface area contributed by atoms with Crippen molar-refractivity contribution in [2.75, 3.05) is 37.8 Å². The number of anilines is 1. The summed E-state index contributed by atoms with van der Waals surface area (Å²) in [4.78, 5) is 6.85. The van der Waals surface area contributed by atoms with Crippen molar-refractivity contribution in [1.29, 1.82) is 5.26 Å². The molecule has 1 fully saturated rings. The summed E-state index contributed by atoms with van der Waals surface area (Å²) in [5.74, 6) is 0.410. The van der Waals surface area contributed by atoms with Crippen LogP contribution in [0.5, 0.6) is 17.2 Å². The summed E-state index contributed by atoms with van der Waals surface area (Å²) in [6.45, 7) is 6.55. The maximum atomic E-state index is 14.8. The normalized spacial score (nSPS) is 14.1. The minimum Gasteiger partial charge on any atom is -0.491 e. The molecule has 0 atom stereocenters. The van der Waals surface area contributed by atoms with Crippen LogP contribution in [-0.4, -0.2) is 43.9 Å². The lowest BCUT2D eigenvalue weighted by Crippen LogP contribution is -2.43. The van der Waals surface area contributed by atoms with Crippen molar-refractivity contribution in [3.63, 3.8) is 0 Å². The number of oxazole rings is 1. The number of aromatic nitrogens is 1. The Bertz CT molecular complexity index is 1130. The predicted octanol–water partition coefficient (Wildman–Crippen LogP) is 4.43. The zero-order valence-corrected chi connectivity index (χ0v) is 19.5. The first-order valence-electron chi connectivity index (χ1n) is 11.6. The Morgan fingerprint density at radius 2 is 1.82 bits per heavy atom. The van der Waals surface area contributed by atoms with Crippen LogP contribution in [0.3, 0.4) is 0 Å². The molecule has 1 N–H and O–H groups in total. The number of nitrogens with one attached hydrogen (secondary N) is 1. The Kier molecular flexibility index (Phi) is 7.70. The number of ether oxygens (including phenoxy) is 3. The second kappa shape index (κ2) is 11.1. The number of nitriles is 1. The van der Waals surface area contributed by atoms with Gasteiger partial charge in [0.05, 0.1) is 13.2 Å². The number of piperidine rings is 1. The third kappa shape index (κ3) is 5.34. The molecule has 0 saturated carbocycles. The summed E-state index contributed by atoms with van der Waals surface area (Å²) in [7, 11) is 0. The lowest BCUT2D eigenvalue weighted by atomic mass is 10.0. The number of hydrogen-bond acceptors (Lipinski definition) is 8. The molecule has 2 heterocycles. The highest BCUT2D eigenvalue weighted by Crippen LogP contribution is 2.33. The number of rotatable bonds is 10. The molecule has 0 bridgehead atoms. The van der Waals surface area contributed by atoms with Gasteiger partial charge in [-0.1, -0.05) is 0 Å². The Morgan fingerprint density at radius 3 is 2.47 bits per heavy atom. The average Bonchev–Trinajstić information content (AvgIpc) is 3.28. The molecular formula is C25H29FN4O4. The maximum Gasteiger partial charge on any atom is 0.298 e. The fourth-order valence-corrected chi connectivity index (χ4v) is 4.13. The first-order chi connectivity index (χ1) is 16.6. The molecule has 0 spiro atoms. The molecule has 1 aliphatic heterocycles. The SMILES string of the molecule is CCOc1cc(CN(c2nc3cc(OCC#N)ccc3o2)C2CCNCC2)cc(OCC)c1F. The Morgan fingerprint density at radius 1 is 1.12 bits per heavy atom. The zero-order chi connectivity index (χ0) is 23.9. The molecular weight excluding hydrogens is 439 g/mol. The standard InChI is InChI=1S/C25H29FN4O4/c1-3-31-22-13-17(14-23(24(22)26)32-4-2)16-30(18-7-10-28-11-8-18)25-29-20-15-19(33-12-9-27)5-6-21(20)34-25/h5-6,13-15,18,28H,3-4,7-8,10-12,16H2,1-2H3. The highest BCUT2D eigenvalue weighted by Gasteiger charge is 2.26. The second-order valence-corrected chi connectivity index (χ2v) is 7.95. The largest absolute Gasteiger partial charge is 0.491 e. The minimum atomic E-state index is -0.493. The first kappa shape index (κ1) is 23.6. The van der Waals surface area contributed by atoms with Crippen LogP contribution < -0.4 is 24.4 Å². The average molecular weight is 469 g/mol. The number of fused-ring (bicyclic) bond motifs is 1. The van der Waals surface area contributed by atoms with E-state index in [2.05, 4.69) is 10.2 Å². The van der Waals surface area contributed by atoms with Crippen LogP contribution in [-0.2, 0) is 6.54 Å². The summed E-state index contributed by atoms with van der Waals surface area (Å²) in [6, 6.07) is 11.4. The van der Waals surface area contributed by atoms with Gasteiger partial charge < -0.3 is 28.8 Å². The van der Waals surface area contributed by atoms with Gasteiger partial charge in [-0.05, 0) is 69.6 Å². The van der Waals surface area contributed by atoms with Crippen molar-refractivity contribution in [3.05, 3.63) is 41.7 Å². The minimum absolute atomic E-state index is 0.0354. The third-order valence-electron chi connectivity index (χ3n) is 5.66. The molecule has 180 valence electrons. The van der Waals surface area contributed by atoms with E-state index < -0.39 is 5.82 Å². The van der Waals surface area contributed by atoms with Gasteiger partial charge in [0.1, 0.15) is 17.3 Å². The van der Waals surface area contributed by atoms with Crippen molar-refractivity contribution >= 4 is 17.1 Å². The Hall–Kier alpha value is -3.51. The van der Waals surface area contributed by atoms with E-state index in [-0.39, 0.29) is 24.1 Å². The molecule has 3 aromatic rings. The molecule has 0 unspecified atom stereocenters. The van der Waals surface area contributed by atoms with Gasteiger partial charge in [0.2, 0.25) is 5.82 Å². The van der Waals surface area contributed by atoms with Crippen LogP contribution in [0.1, 0.15) is 32.3 Å². The maximum absolute atomic E-state index is 14.8. The number of halogens is 1. The quantitative estimate of drug-likeness (QED) is 0.467. The summed E-state index contributed by atoms with van der Waals surface area (Å²) >= 11 is 0. The van der Waals surface area contributed by atoms with Gasteiger partial charge in [0.15, 0.2) is 23.7 Å². The Labute approximate surface area is 198 Å². The highest BCUT2D eigenvalue weighted by atomic mass is 19.1. The van der Waals surface area contributed by atoms with Gasteiger partial charge in [0.25, 0.3) is 6.01 Å². The lowest BCUT2D eigenvalue weighted by Gasteiger charge is -2.33. The van der Waals surface area contributed by atoms with Crippen molar-refractivity contribution < 1.29 is 23.0 Å². The van der Waals surface area contributed by atoms with Crippen molar-refractivity contribution in [1.82, 2.24) is 10.3 Å². The molecule has 0 aliphatic carbocycles. The van der Waals surface area contributed by atoms with E-state index in [1.54, 1.807) is 30.3 Å². The van der Waals surface area contributed by atoms with Crippen molar-refractivity contribution in [2.45, 2.75) is 39.3 Å². The second-order valence-electron chi connectivity index (χ2n) is 7.95. The zero-order valence-electron chi connectivity index (χ0n) is 19.5. The Balaban J connectivity index is 1.69. The van der Waals surface area contributed by atoms with E-state index in [4.69, 9.17) is 28.9 Å². The van der Waals surface area contributed by atoms with Crippen LogP contribution in [0.4, 0.5) is 10.4 Å². The monoisotopic (exact) mass is 468 g/mol. The van der Waals surface area contributed by atoms with Crippen LogP contribution in [0.2, 0.25) is 0 Å². The van der Waals surface area contributed by atoms with Crippen molar-refractivity contribution in [2.24, 2.45) is 0 Å².